The Morgan fingerprint density at radius 1 is 1.32 bits per heavy atom. The molecule has 0 aliphatic carbocycles. The number of carbonyl (C=O) groups excluding carboxylic acids is 1. The van der Waals surface area contributed by atoms with Crippen molar-refractivity contribution in [2.75, 3.05) is 13.7 Å². The van der Waals surface area contributed by atoms with Crippen LogP contribution in [0.2, 0.25) is 0 Å². The van der Waals surface area contributed by atoms with Crippen LogP contribution >= 0.6 is 11.3 Å². The number of methoxy groups -OCH3 is 1. The van der Waals surface area contributed by atoms with Crippen molar-refractivity contribution in [1.29, 1.82) is 0 Å². The first-order chi connectivity index (χ1) is 9.31. The zero-order valence-corrected chi connectivity index (χ0v) is 11.7. The van der Waals surface area contributed by atoms with Gasteiger partial charge in [-0.2, -0.15) is 11.3 Å². The van der Waals surface area contributed by atoms with Crippen molar-refractivity contribution in [1.82, 2.24) is 5.32 Å². The number of esters is 1. The molecule has 0 spiro atoms. The average molecular weight is 275 g/mol. The molecule has 0 unspecified atom stereocenters. The van der Waals surface area contributed by atoms with Gasteiger partial charge in [-0.15, -0.1) is 0 Å². The molecule has 100 valence electrons. The number of hydrogen-bond donors (Lipinski definition) is 1. The van der Waals surface area contributed by atoms with Gasteiger partial charge >= 0.3 is 5.97 Å². The highest BCUT2D eigenvalue weighted by Gasteiger charge is 2.21. The molecule has 0 aliphatic heterocycles. The zero-order chi connectivity index (χ0) is 13.5. The van der Waals surface area contributed by atoms with E-state index in [1.807, 2.05) is 35.0 Å². The third-order valence-corrected chi connectivity index (χ3v) is 3.65. The molecule has 4 heteroatoms. The van der Waals surface area contributed by atoms with Gasteiger partial charge in [0.25, 0.3) is 0 Å². The van der Waals surface area contributed by atoms with E-state index in [0.29, 0.717) is 6.54 Å². The lowest BCUT2D eigenvalue weighted by molar-refractivity contribution is -0.142. The molecule has 19 heavy (non-hydrogen) atoms. The molecule has 1 aromatic carbocycles. The molecule has 3 nitrogen and oxygen atoms in total. The number of thiophene rings is 1. The molecular formula is C15H17NO2S. The van der Waals surface area contributed by atoms with Crippen molar-refractivity contribution in [2.24, 2.45) is 0 Å². The predicted octanol–water partition coefficient (Wildman–Crippen LogP) is 2.79. The molecule has 2 rings (SSSR count). The van der Waals surface area contributed by atoms with Gasteiger partial charge in [0.15, 0.2) is 0 Å². The van der Waals surface area contributed by atoms with Crippen molar-refractivity contribution in [3.63, 3.8) is 0 Å². The third-order valence-electron chi connectivity index (χ3n) is 2.95. The van der Waals surface area contributed by atoms with Crippen LogP contribution in [0.1, 0.15) is 17.0 Å². The molecule has 0 saturated heterocycles. The number of carbonyl (C=O) groups is 1. The number of benzene rings is 1. The average Bonchev–Trinajstić information content (AvgIpc) is 2.98. The van der Waals surface area contributed by atoms with E-state index in [2.05, 4.69) is 17.4 Å². The van der Waals surface area contributed by atoms with Crippen molar-refractivity contribution in [2.45, 2.75) is 12.5 Å². The smallest absolute Gasteiger partial charge is 0.314 e. The molecule has 0 fully saturated rings. The Morgan fingerprint density at radius 2 is 2.11 bits per heavy atom. The number of nitrogens with one attached hydrogen (secondary N) is 1. The Balaban J connectivity index is 1.92. The highest BCUT2D eigenvalue weighted by molar-refractivity contribution is 7.08. The van der Waals surface area contributed by atoms with Crippen LogP contribution in [0.4, 0.5) is 0 Å². The van der Waals surface area contributed by atoms with Crippen LogP contribution in [0.15, 0.2) is 47.2 Å². The third kappa shape index (κ3) is 3.91. The molecule has 1 atom stereocenters. The van der Waals surface area contributed by atoms with E-state index in [0.717, 1.165) is 12.1 Å². The molecule has 0 radical (unpaired) electrons. The monoisotopic (exact) mass is 275 g/mol. The van der Waals surface area contributed by atoms with Gasteiger partial charge in [-0.25, -0.2) is 0 Å². The van der Waals surface area contributed by atoms with Crippen LogP contribution in [-0.2, 0) is 16.1 Å². The predicted molar refractivity (Wildman–Crippen MR) is 77.2 cm³/mol. The standard InChI is InChI=1S/C15H17NO2S/c1-18-15(17)14(13-7-8-19-11-13)10-16-9-12-5-3-2-4-6-12/h2-8,11,14,16H,9-10H2,1H3/t14-/m1/s1. The Labute approximate surface area is 117 Å². The lowest BCUT2D eigenvalue weighted by atomic mass is 10.0. The van der Waals surface area contributed by atoms with E-state index in [-0.39, 0.29) is 11.9 Å². The first-order valence-corrected chi connectivity index (χ1v) is 7.10. The summed E-state index contributed by atoms with van der Waals surface area (Å²) >= 11 is 1.59. The van der Waals surface area contributed by atoms with Crippen molar-refractivity contribution < 1.29 is 9.53 Å². The number of rotatable bonds is 6. The van der Waals surface area contributed by atoms with Gasteiger partial charge in [0, 0.05) is 13.1 Å². The van der Waals surface area contributed by atoms with Gasteiger partial charge in [0.1, 0.15) is 0 Å². The van der Waals surface area contributed by atoms with Gasteiger partial charge in [-0.05, 0) is 28.0 Å². The minimum absolute atomic E-state index is 0.195. The summed E-state index contributed by atoms with van der Waals surface area (Å²) in [4.78, 5) is 11.8. The summed E-state index contributed by atoms with van der Waals surface area (Å²) in [6, 6.07) is 12.1. The first-order valence-electron chi connectivity index (χ1n) is 6.16. The fourth-order valence-corrected chi connectivity index (χ4v) is 2.62. The van der Waals surface area contributed by atoms with E-state index < -0.39 is 0 Å². The highest BCUT2D eigenvalue weighted by atomic mass is 32.1. The summed E-state index contributed by atoms with van der Waals surface area (Å²) in [6.07, 6.45) is 0. The Bertz CT molecular complexity index is 496. The highest BCUT2D eigenvalue weighted by Crippen LogP contribution is 2.19. The summed E-state index contributed by atoms with van der Waals surface area (Å²) < 4.78 is 4.86. The molecule has 0 bridgehead atoms. The molecule has 1 N–H and O–H groups in total. The largest absolute Gasteiger partial charge is 0.469 e. The van der Waals surface area contributed by atoms with E-state index in [4.69, 9.17) is 4.74 Å². The molecule has 1 heterocycles. The second-order valence-corrected chi connectivity index (χ2v) is 5.03. The van der Waals surface area contributed by atoms with Crippen LogP contribution in [0, 0.1) is 0 Å². The van der Waals surface area contributed by atoms with Gasteiger partial charge < -0.3 is 10.1 Å². The van der Waals surface area contributed by atoms with Crippen LogP contribution in [-0.4, -0.2) is 19.6 Å². The maximum atomic E-state index is 11.8. The van der Waals surface area contributed by atoms with Crippen molar-refractivity contribution in [3.8, 4) is 0 Å². The summed E-state index contributed by atoms with van der Waals surface area (Å²) in [6.45, 7) is 1.33. The van der Waals surface area contributed by atoms with Gasteiger partial charge in [0.05, 0.1) is 13.0 Å². The second kappa shape index (κ2) is 7.07. The maximum Gasteiger partial charge on any atom is 0.314 e. The Hall–Kier alpha value is -1.65. The van der Waals surface area contributed by atoms with Gasteiger partial charge in [-0.3, -0.25) is 4.79 Å². The summed E-state index contributed by atoms with van der Waals surface area (Å²) in [5.41, 5.74) is 2.22. The van der Waals surface area contributed by atoms with Gasteiger partial charge in [-0.1, -0.05) is 30.3 Å². The van der Waals surface area contributed by atoms with Crippen LogP contribution in [0.3, 0.4) is 0 Å². The van der Waals surface area contributed by atoms with Crippen molar-refractivity contribution in [3.05, 3.63) is 58.3 Å². The topological polar surface area (TPSA) is 38.3 Å². The van der Waals surface area contributed by atoms with Crippen LogP contribution in [0.25, 0.3) is 0 Å². The first kappa shape index (κ1) is 13.8. The SMILES string of the molecule is COC(=O)[C@H](CNCc1ccccc1)c1ccsc1. The Morgan fingerprint density at radius 3 is 2.74 bits per heavy atom. The normalized spacial score (nSPS) is 12.1. The maximum absolute atomic E-state index is 11.8. The molecule has 2 aromatic rings. The summed E-state index contributed by atoms with van der Waals surface area (Å²) in [5, 5.41) is 7.28. The molecule has 0 saturated carbocycles. The van der Waals surface area contributed by atoms with Crippen LogP contribution < -0.4 is 5.32 Å². The second-order valence-electron chi connectivity index (χ2n) is 4.25. The molecule has 0 amide bonds. The fourth-order valence-electron chi connectivity index (χ4n) is 1.91. The summed E-state index contributed by atoms with van der Waals surface area (Å²) in [7, 11) is 1.43. The minimum atomic E-state index is -0.236. The lowest BCUT2D eigenvalue weighted by Gasteiger charge is -2.14. The van der Waals surface area contributed by atoms with E-state index >= 15 is 0 Å². The fraction of sp³-hybridized carbons (Fsp3) is 0.267. The zero-order valence-electron chi connectivity index (χ0n) is 10.8. The number of hydrogen-bond acceptors (Lipinski definition) is 4. The molecule has 0 aliphatic rings. The molecular weight excluding hydrogens is 258 g/mol. The van der Waals surface area contributed by atoms with Gasteiger partial charge in [0.2, 0.25) is 0 Å². The van der Waals surface area contributed by atoms with Crippen LogP contribution in [0.5, 0.6) is 0 Å². The van der Waals surface area contributed by atoms with E-state index in [1.54, 1.807) is 11.3 Å². The van der Waals surface area contributed by atoms with E-state index in [9.17, 15) is 4.79 Å². The summed E-state index contributed by atoms with van der Waals surface area (Å²) in [5.74, 6) is -0.432. The lowest BCUT2D eigenvalue weighted by Crippen LogP contribution is -2.27. The number of ether oxygens (including phenoxy) is 1. The minimum Gasteiger partial charge on any atom is -0.469 e. The molecule has 1 aromatic heterocycles. The Kier molecular flexibility index (Phi) is 5.12. The quantitative estimate of drug-likeness (QED) is 0.824. The van der Waals surface area contributed by atoms with Crippen molar-refractivity contribution >= 4 is 17.3 Å². The van der Waals surface area contributed by atoms with E-state index in [1.165, 1.54) is 12.7 Å².